The second-order valence-electron chi connectivity index (χ2n) is 5.88. The molecule has 2 rings (SSSR count). The van der Waals surface area contributed by atoms with Crippen molar-refractivity contribution in [1.82, 2.24) is 5.32 Å². The Labute approximate surface area is 141 Å². The second kappa shape index (κ2) is 9.29. The first-order valence-corrected chi connectivity index (χ1v) is 10.0. The Kier molecular flexibility index (Phi) is 7.72. The van der Waals surface area contributed by atoms with Crippen LogP contribution in [0.25, 0.3) is 0 Å². The minimum Gasteiger partial charge on any atom is -0.376 e. The Balaban J connectivity index is 2.19. The van der Waals surface area contributed by atoms with Crippen molar-refractivity contribution in [3.63, 3.8) is 0 Å². The molecular weight excluding hydrogens is 346 g/mol. The fourth-order valence-corrected chi connectivity index (χ4v) is 5.07. The maximum absolute atomic E-state index is 6.24. The lowest BCUT2D eigenvalue weighted by Gasteiger charge is -2.36. The molecule has 21 heavy (non-hydrogen) atoms. The molecule has 0 amide bonds. The highest BCUT2D eigenvalue weighted by atomic mass is 79.9. The summed E-state index contributed by atoms with van der Waals surface area (Å²) in [6, 6.07) is 2.48. The summed E-state index contributed by atoms with van der Waals surface area (Å²) in [6.45, 7) is 6.19. The van der Waals surface area contributed by atoms with Gasteiger partial charge in [-0.15, -0.1) is 11.3 Å². The number of hydrogen-bond acceptors (Lipinski definition) is 3. The first kappa shape index (κ1) is 17.5. The van der Waals surface area contributed by atoms with E-state index in [4.69, 9.17) is 4.74 Å². The standard InChI is InChI=1S/C17H28BrNOS/c1-3-11-19-15(17-14(18)10-12-21-17)16(20-4-2)13-8-6-5-7-9-13/h10,12-13,15-16,19H,3-9,11H2,1-2H3. The molecule has 1 saturated carbocycles. The van der Waals surface area contributed by atoms with E-state index in [0.717, 1.165) is 19.6 Å². The molecule has 1 aromatic rings. The molecule has 2 nitrogen and oxygen atoms in total. The van der Waals surface area contributed by atoms with Gasteiger partial charge in [-0.05, 0) is 66.0 Å². The zero-order chi connectivity index (χ0) is 15.1. The second-order valence-corrected chi connectivity index (χ2v) is 7.68. The molecule has 0 spiro atoms. The van der Waals surface area contributed by atoms with Crippen LogP contribution in [-0.2, 0) is 4.74 Å². The van der Waals surface area contributed by atoms with Crippen LogP contribution in [0.3, 0.4) is 0 Å². The number of rotatable bonds is 8. The third-order valence-electron chi connectivity index (χ3n) is 4.34. The minimum atomic E-state index is 0.303. The average Bonchev–Trinajstić information content (AvgIpc) is 2.93. The summed E-state index contributed by atoms with van der Waals surface area (Å²) in [5.41, 5.74) is 0. The van der Waals surface area contributed by atoms with Crippen LogP contribution in [0.4, 0.5) is 0 Å². The van der Waals surface area contributed by atoms with Gasteiger partial charge in [-0.1, -0.05) is 26.2 Å². The maximum atomic E-state index is 6.24. The van der Waals surface area contributed by atoms with Crippen molar-refractivity contribution in [3.05, 3.63) is 20.8 Å². The average molecular weight is 374 g/mol. The Morgan fingerprint density at radius 3 is 2.67 bits per heavy atom. The molecule has 2 atom stereocenters. The number of thiophene rings is 1. The van der Waals surface area contributed by atoms with E-state index in [2.05, 4.69) is 46.5 Å². The lowest BCUT2D eigenvalue weighted by molar-refractivity contribution is -0.0177. The highest BCUT2D eigenvalue weighted by molar-refractivity contribution is 9.10. The minimum absolute atomic E-state index is 0.303. The topological polar surface area (TPSA) is 21.3 Å². The summed E-state index contributed by atoms with van der Waals surface area (Å²) in [6.07, 6.45) is 8.21. The van der Waals surface area contributed by atoms with Gasteiger partial charge >= 0.3 is 0 Å². The van der Waals surface area contributed by atoms with Crippen LogP contribution in [0.5, 0.6) is 0 Å². The van der Waals surface area contributed by atoms with Crippen LogP contribution in [-0.4, -0.2) is 19.3 Å². The Hall–Kier alpha value is 0.1000. The third-order valence-corrected chi connectivity index (χ3v) is 6.30. The molecule has 2 unspecified atom stereocenters. The van der Waals surface area contributed by atoms with Crippen LogP contribution in [0.2, 0.25) is 0 Å². The van der Waals surface area contributed by atoms with Gasteiger partial charge in [-0.2, -0.15) is 0 Å². The van der Waals surface area contributed by atoms with Crippen molar-refractivity contribution in [1.29, 1.82) is 0 Å². The smallest absolute Gasteiger partial charge is 0.0806 e. The lowest BCUT2D eigenvalue weighted by Crippen LogP contribution is -2.40. The summed E-state index contributed by atoms with van der Waals surface area (Å²) < 4.78 is 7.47. The van der Waals surface area contributed by atoms with E-state index in [1.165, 1.54) is 41.5 Å². The zero-order valence-electron chi connectivity index (χ0n) is 13.2. The number of halogens is 1. The summed E-state index contributed by atoms with van der Waals surface area (Å²) >= 11 is 5.55. The molecule has 1 heterocycles. The summed E-state index contributed by atoms with van der Waals surface area (Å²) in [5.74, 6) is 0.696. The predicted molar refractivity (Wildman–Crippen MR) is 95.0 cm³/mol. The number of hydrogen-bond donors (Lipinski definition) is 1. The fourth-order valence-electron chi connectivity index (χ4n) is 3.34. The highest BCUT2D eigenvalue weighted by Gasteiger charge is 2.33. The van der Waals surface area contributed by atoms with Crippen molar-refractivity contribution in [2.24, 2.45) is 5.92 Å². The van der Waals surface area contributed by atoms with Crippen LogP contribution < -0.4 is 5.32 Å². The Bertz CT molecular complexity index is 403. The molecule has 0 aliphatic heterocycles. The van der Waals surface area contributed by atoms with Gasteiger partial charge in [0.15, 0.2) is 0 Å². The van der Waals surface area contributed by atoms with E-state index in [0.29, 0.717) is 18.1 Å². The monoisotopic (exact) mass is 373 g/mol. The van der Waals surface area contributed by atoms with Crippen LogP contribution in [0, 0.1) is 5.92 Å². The fraction of sp³-hybridized carbons (Fsp3) is 0.765. The van der Waals surface area contributed by atoms with E-state index >= 15 is 0 Å². The summed E-state index contributed by atoms with van der Waals surface area (Å²) in [4.78, 5) is 1.40. The van der Waals surface area contributed by atoms with Gasteiger partial charge in [0.1, 0.15) is 0 Å². The molecule has 1 aromatic heterocycles. The van der Waals surface area contributed by atoms with Gasteiger partial charge in [-0.3, -0.25) is 0 Å². The number of nitrogens with one attached hydrogen (secondary N) is 1. The molecule has 0 aromatic carbocycles. The molecule has 1 N–H and O–H groups in total. The molecule has 4 heteroatoms. The van der Waals surface area contributed by atoms with Gasteiger partial charge in [0.25, 0.3) is 0 Å². The molecule has 1 fully saturated rings. The predicted octanol–water partition coefficient (Wildman–Crippen LogP) is 5.54. The molecule has 120 valence electrons. The van der Waals surface area contributed by atoms with Crippen molar-refractivity contribution in [2.45, 2.75) is 64.5 Å². The van der Waals surface area contributed by atoms with E-state index < -0.39 is 0 Å². The summed E-state index contributed by atoms with van der Waals surface area (Å²) in [7, 11) is 0. The van der Waals surface area contributed by atoms with Crippen LogP contribution in [0.1, 0.15) is 63.3 Å². The van der Waals surface area contributed by atoms with Gasteiger partial charge in [0, 0.05) is 16.0 Å². The van der Waals surface area contributed by atoms with Crippen molar-refractivity contribution in [3.8, 4) is 0 Å². The largest absolute Gasteiger partial charge is 0.376 e. The lowest BCUT2D eigenvalue weighted by atomic mass is 9.82. The molecule has 0 saturated heterocycles. The van der Waals surface area contributed by atoms with Crippen molar-refractivity contribution < 1.29 is 4.74 Å². The third kappa shape index (κ3) is 4.78. The van der Waals surface area contributed by atoms with E-state index in [-0.39, 0.29) is 0 Å². The van der Waals surface area contributed by atoms with E-state index in [1.54, 1.807) is 0 Å². The first-order valence-electron chi connectivity index (χ1n) is 8.35. The molecular formula is C17H28BrNOS. The van der Waals surface area contributed by atoms with E-state index in [9.17, 15) is 0 Å². The molecule has 1 aliphatic rings. The van der Waals surface area contributed by atoms with Crippen molar-refractivity contribution >= 4 is 27.3 Å². The quantitative estimate of drug-likeness (QED) is 0.645. The first-order chi connectivity index (χ1) is 10.3. The molecule has 0 radical (unpaired) electrons. The Morgan fingerprint density at radius 2 is 2.10 bits per heavy atom. The Morgan fingerprint density at radius 1 is 1.33 bits per heavy atom. The molecule has 0 bridgehead atoms. The van der Waals surface area contributed by atoms with Crippen LogP contribution in [0.15, 0.2) is 15.9 Å². The summed E-state index contributed by atoms with van der Waals surface area (Å²) in [5, 5.41) is 5.92. The van der Waals surface area contributed by atoms with Crippen molar-refractivity contribution in [2.75, 3.05) is 13.2 Å². The van der Waals surface area contributed by atoms with Gasteiger partial charge < -0.3 is 10.1 Å². The zero-order valence-corrected chi connectivity index (χ0v) is 15.6. The SMILES string of the molecule is CCCNC(c1sccc1Br)C(OCC)C1CCCCC1. The normalized spacial score (nSPS) is 19.6. The molecule has 1 aliphatic carbocycles. The van der Waals surface area contributed by atoms with Gasteiger partial charge in [0.05, 0.1) is 12.1 Å². The number of ether oxygens (including phenoxy) is 1. The highest BCUT2D eigenvalue weighted by Crippen LogP contribution is 2.38. The van der Waals surface area contributed by atoms with Crippen LogP contribution >= 0.6 is 27.3 Å². The maximum Gasteiger partial charge on any atom is 0.0806 e. The van der Waals surface area contributed by atoms with Gasteiger partial charge in [-0.25, -0.2) is 0 Å². The van der Waals surface area contributed by atoms with Gasteiger partial charge in [0.2, 0.25) is 0 Å². The van der Waals surface area contributed by atoms with E-state index in [1.807, 2.05) is 11.3 Å².